The largest absolute Gasteiger partial charge is 0.483 e. The number of aromatic nitrogens is 1. The van der Waals surface area contributed by atoms with Gasteiger partial charge in [-0.25, -0.2) is 4.39 Å². The van der Waals surface area contributed by atoms with E-state index in [0.29, 0.717) is 19.6 Å². The van der Waals surface area contributed by atoms with E-state index in [1.165, 1.54) is 30.0 Å². The summed E-state index contributed by atoms with van der Waals surface area (Å²) in [6.07, 6.45) is 1.81. The van der Waals surface area contributed by atoms with Crippen LogP contribution in [0.2, 0.25) is 0 Å². The van der Waals surface area contributed by atoms with Crippen LogP contribution < -0.4 is 15.6 Å². The van der Waals surface area contributed by atoms with Gasteiger partial charge in [0.15, 0.2) is 12.4 Å². The van der Waals surface area contributed by atoms with Gasteiger partial charge in [0.2, 0.25) is 0 Å². The van der Waals surface area contributed by atoms with Crippen molar-refractivity contribution in [2.45, 2.75) is 19.5 Å². The molecule has 0 saturated carbocycles. The quantitative estimate of drug-likeness (QED) is 0.336. The topological polar surface area (TPSA) is 110 Å². The van der Waals surface area contributed by atoms with Crippen LogP contribution in [-0.4, -0.2) is 36.6 Å². The first-order chi connectivity index (χ1) is 16.9. The standard InChI is InChI=1S/C26H24FN3O5/c1-34-11-5-10-30-16-20(12-19(14-28)26(30)33)25(32)22-13-21(27)8-9-23(22)35-17-24(31)29-15-18-6-3-2-4-7-18/h2-4,6-9,12-13,16H,5,10-11,15,17H2,1H3,(H,29,31). The maximum absolute atomic E-state index is 14.0. The SMILES string of the molecule is COCCCn1cc(C(=O)c2cc(F)ccc2OCC(=O)NCc2ccccc2)cc(C#N)c1=O. The summed E-state index contributed by atoms with van der Waals surface area (Å²) in [4.78, 5) is 37.9. The smallest absolute Gasteiger partial charge is 0.268 e. The van der Waals surface area contributed by atoms with Gasteiger partial charge in [-0.1, -0.05) is 30.3 Å². The molecule has 0 aliphatic carbocycles. The third kappa shape index (κ3) is 6.85. The van der Waals surface area contributed by atoms with Gasteiger partial charge in [-0.2, -0.15) is 5.26 Å². The molecule has 1 aromatic heterocycles. The molecule has 0 aliphatic rings. The molecule has 1 heterocycles. The molecule has 0 atom stereocenters. The molecule has 2 aromatic carbocycles. The van der Waals surface area contributed by atoms with Gasteiger partial charge in [-0.05, 0) is 36.2 Å². The molecule has 0 saturated heterocycles. The monoisotopic (exact) mass is 477 g/mol. The summed E-state index contributed by atoms with van der Waals surface area (Å²) >= 11 is 0. The van der Waals surface area contributed by atoms with Gasteiger partial charge in [-0.3, -0.25) is 14.4 Å². The Balaban J connectivity index is 1.79. The Morgan fingerprint density at radius 3 is 2.63 bits per heavy atom. The van der Waals surface area contributed by atoms with E-state index in [1.54, 1.807) is 6.07 Å². The molecule has 3 rings (SSSR count). The van der Waals surface area contributed by atoms with Gasteiger partial charge < -0.3 is 19.4 Å². The number of aryl methyl sites for hydroxylation is 1. The Morgan fingerprint density at radius 2 is 1.91 bits per heavy atom. The maximum Gasteiger partial charge on any atom is 0.268 e. The minimum Gasteiger partial charge on any atom is -0.483 e. The van der Waals surface area contributed by atoms with E-state index >= 15 is 0 Å². The summed E-state index contributed by atoms with van der Waals surface area (Å²) in [7, 11) is 1.52. The average molecular weight is 477 g/mol. The highest BCUT2D eigenvalue weighted by molar-refractivity contribution is 6.10. The zero-order chi connectivity index (χ0) is 25.2. The molecule has 3 aromatic rings. The molecule has 0 radical (unpaired) electrons. The first-order valence-electron chi connectivity index (χ1n) is 10.8. The Labute approximate surface area is 201 Å². The molecule has 35 heavy (non-hydrogen) atoms. The number of carbonyl (C=O) groups is 2. The lowest BCUT2D eigenvalue weighted by atomic mass is 10.0. The number of halogens is 1. The van der Waals surface area contributed by atoms with Crippen LogP contribution in [0.4, 0.5) is 4.39 Å². The molecule has 180 valence electrons. The van der Waals surface area contributed by atoms with Crippen LogP contribution in [0.25, 0.3) is 0 Å². The van der Waals surface area contributed by atoms with Gasteiger partial charge >= 0.3 is 0 Å². The van der Waals surface area contributed by atoms with Crippen molar-refractivity contribution < 1.29 is 23.5 Å². The molecule has 9 heteroatoms. The second-order valence-corrected chi connectivity index (χ2v) is 7.62. The second kappa shape index (κ2) is 12.3. The second-order valence-electron chi connectivity index (χ2n) is 7.62. The molecular formula is C26H24FN3O5. The van der Waals surface area contributed by atoms with Gasteiger partial charge in [0.05, 0.1) is 5.56 Å². The van der Waals surface area contributed by atoms with E-state index in [0.717, 1.165) is 17.7 Å². The number of nitrogens with one attached hydrogen (secondary N) is 1. The number of amides is 1. The van der Waals surface area contributed by atoms with E-state index in [1.807, 2.05) is 30.3 Å². The number of methoxy groups -OCH3 is 1. The predicted octanol–water partition coefficient (Wildman–Crippen LogP) is 2.82. The maximum atomic E-state index is 14.0. The van der Waals surface area contributed by atoms with Crippen LogP contribution >= 0.6 is 0 Å². The minimum absolute atomic E-state index is 0.00176. The molecule has 0 bridgehead atoms. The lowest BCUT2D eigenvalue weighted by Gasteiger charge is -2.13. The fraction of sp³-hybridized carbons (Fsp3) is 0.231. The number of nitriles is 1. The van der Waals surface area contributed by atoms with Crippen LogP contribution in [0.15, 0.2) is 65.6 Å². The summed E-state index contributed by atoms with van der Waals surface area (Å²) in [6.45, 7) is 0.537. The molecule has 0 aliphatic heterocycles. The lowest BCUT2D eigenvalue weighted by molar-refractivity contribution is -0.123. The van der Waals surface area contributed by atoms with Crippen LogP contribution in [0.5, 0.6) is 5.75 Å². The highest BCUT2D eigenvalue weighted by Gasteiger charge is 2.19. The molecular weight excluding hydrogens is 453 g/mol. The number of ketones is 1. The number of rotatable bonds is 11. The van der Waals surface area contributed by atoms with Gasteiger partial charge in [0.1, 0.15) is 23.2 Å². The number of hydrogen-bond acceptors (Lipinski definition) is 6. The number of benzene rings is 2. The summed E-state index contributed by atoms with van der Waals surface area (Å²) < 4.78 is 25.8. The van der Waals surface area contributed by atoms with E-state index in [4.69, 9.17) is 9.47 Å². The summed E-state index contributed by atoms with van der Waals surface area (Å²) in [6, 6.07) is 15.6. The van der Waals surface area contributed by atoms with Crippen LogP contribution in [0.1, 0.15) is 33.5 Å². The first kappa shape index (κ1) is 25.3. The van der Waals surface area contributed by atoms with E-state index in [-0.39, 0.29) is 29.0 Å². The Morgan fingerprint density at radius 1 is 1.14 bits per heavy atom. The molecule has 0 fully saturated rings. The average Bonchev–Trinajstić information content (AvgIpc) is 2.88. The van der Waals surface area contributed by atoms with Crippen molar-refractivity contribution in [3.8, 4) is 11.8 Å². The number of carbonyl (C=O) groups excluding carboxylic acids is 2. The van der Waals surface area contributed by atoms with Crippen molar-refractivity contribution in [3.05, 3.63) is 99.2 Å². The van der Waals surface area contributed by atoms with Crippen LogP contribution in [0, 0.1) is 17.1 Å². The zero-order valence-electron chi connectivity index (χ0n) is 19.1. The van der Waals surface area contributed by atoms with Crippen molar-refractivity contribution in [1.29, 1.82) is 5.26 Å². The highest BCUT2D eigenvalue weighted by Crippen LogP contribution is 2.23. The van der Waals surface area contributed by atoms with Gasteiger partial charge in [0, 0.05) is 38.6 Å². The molecule has 1 amide bonds. The molecule has 1 N–H and O–H groups in total. The minimum atomic E-state index is -0.678. The molecule has 0 unspecified atom stereocenters. The van der Waals surface area contributed by atoms with Crippen molar-refractivity contribution in [1.82, 2.24) is 9.88 Å². The number of ether oxygens (including phenoxy) is 2. The summed E-state index contributed by atoms with van der Waals surface area (Å²) in [5.74, 6) is -1.75. The van der Waals surface area contributed by atoms with Crippen molar-refractivity contribution in [2.75, 3.05) is 20.3 Å². The van der Waals surface area contributed by atoms with E-state index < -0.39 is 29.7 Å². The number of nitrogens with zero attached hydrogens (tertiary/aromatic N) is 2. The Kier molecular flexibility index (Phi) is 8.87. The van der Waals surface area contributed by atoms with Crippen LogP contribution in [0.3, 0.4) is 0 Å². The molecule has 0 spiro atoms. The van der Waals surface area contributed by atoms with Crippen molar-refractivity contribution in [2.24, 2.45) is 0 Å². The Hall–Kier alpha value is -4.29. The summed E-state index contributed by atoms with van der Waals surface area (Å²) in [5, 5.41) is 12.0. The first-order valence-corrected chi connectivity index (χ1v) is 10.8. The van der Waals surface area contributed by atoms with Crippen LogP contribution in [-0.2, 0) is 22.6 Å². The van der Waals surface area contributed by atoms with Gasteiger partial charge in [0.25, 0.3) is 11.5 Å². The van der Waals surface area contributed by atoms with Crippen molar-refractivity contribution >= 4 is 11.7 Å². The summed E-state index contributed by atoms with van der Waals surface area (Å²) in [5.41, 5.74) is 0.0418. The van der Waals surface area contributed by atoms with Crippen molar-refractivity contribution in [3.63, 3.8) is 0 Å². The van der Waals surface area contributed by atoms with Gasteiger partial charge in [-0.15, -0.1) is 0 Å². The van der Waals surface area contributed by atoms with E-state index in [9.17, 15) is 24.0 Å². The number of hydrogen-bond donors (Lipinski definition) is 1. The third-order valence-corrected chi connectivity index (χ3v) is 5.09. The third-order valence-electron chi connectivity index (χ3n) is 5.09. The Bertz CT molecular complexity index is 1300. The normalized spacial score (nSPS) is 10.4. The zero-order valence-corrected chi connectivity index (χ0v) is 19.1. The fourth-order valence-corrected chi connectivity index (χ4v) is 3.34. The molecule has 8 nitrogen and oxygen atoms in total. The van der Waals surface area contributed by atoms with E-state index in [2.05, 4.69) is 5.32 Å². The predicted molar refractivity (Wildman–Crippen MR) is 126 cm³/mol. The number of pyridine rings is 1. The fourth-order valence-electron chi connectivity index (χ4n) is 3.34. The highest BCUT2D eigenvalue weighted by atomic mass is 19.1. The lowest BCUT2D eigenvalue weighted by Crippen LogP contribution is -2.28.